The van der Waals surface area contributed by atoms with E-state index in [1.807, 2.05) is 0 Å². The van der Waals surface area contributed by atoms with Gasteiger partial charge in [-0.2, -0.15) is 0 Å². The zero-order valence-electron chi connectivity index (χ0n) is 12.8. The van der Waals surface area contributed by atoms with Crippen LogP contribution in [0.25, 0.3) is 0 Å². The lowest BCUT2D eigenvalue weighted by molar-refractivity contribution is -0.130. The molecule has 0 aromatic rings. The molecule has 4 fully saturated rings. The Labute approximate surface area is 118 Å². The van der Waals surface area contributed by atoms with Crippen LogP contribution in [0.3, 0.4) is 0 Å². The molecule has 0 radical (unpaired) electrons. The van der Waals surface area contributed by atoms with E-state index < -0.39 is 8.07 Å². The molecule has 0 heterocycles. The summed E-state index contributed by atoms with van der Waals surface area (Å²) in [6.07, 6.45) is 9.21. The fraction of sp³-hybridized carbons (Fsp3) is 0.941. The second-order valence-electron chi connectivity index (χ2n) is 9.19. The smallest absolute Gasteiger partial charge is 0.146 e. The third-order valence-corrected chi connectivity index (χ3v) is 8.89. The van der Waals surface area contributed by atoms with Crippen molar-refractivity contribution < 1.29 is 4.79 Å². The number of carbonyl (C=O) groups excluding carboxylic acids is 1. The summed E-state index contributed by atoms with van der Waals surface area (Å²) in [5.74, 6) is 3.15. The first kappa shape index (κ1) is 12.6. The average Bonchev–Trinajstić information content (AvgIpc) is 2.95. The topological polar surface area (TPSA) is 17.1 Å². The standard InChI is InChI=1S/C17H28OSi/c1-19(2,3)11-12-10-16-8-4-6-13(16)14-7-5-9-17(12,14)15(16)18/h12-14H,4-11H2,1-3H3/t12-,13-,14-,16+,17-/m1/s1. The number of hydrogen-bond donors (Lipinski definition) is 0. The van der Waals surface area contributed by atoms with Crippen molar-refractivity contribution in [3.63, 3.8) is 0 Å². The van der Waals surface area contributed by atoms with Crippen LogP contribution in [0.2, 0.25) is 25.7 Å². The van der Waals surface area contributed by atoms with Gasteiger partial charge in [-0.15, -0.1) is 0 Å². The third kappa shape index (κ3) is 1.35. The molecular formula is C17H28OSi. The molecule has 2 bridgehead atoms. The zero-order chi connectivity index (χ0) is 13.5. The Kier molecular flexibility index (Phi) is 2.36. The summed E-state index contributed by atoms with van der Waals surface area (Å²) < 4.78 is 0. The van der Waals surface area contributed by atoms with Crippen molar-refractivity contribution in [1.82, 2.24) is 0 Å². The van der Waals surface area contributed by atoms with E-state index in [0.29, 0.717) is 0 Å². The molecule has 4 rings (SSSR count). The molecule has 4 aliphatic carbocycles. The summed E-state index contributed by atoms with van der Waals surface area (Å²) in [5, 5.41) is 0. The molecule has 0 saturated heterocycles. The highest BCUT2D eigenvalue weighted by Gasteiger charge is 2.76. The molecule has 2 heteroatoms. The molecule has 0 aliphatic heterocycles. The second-order valence-corrected chi connectivity index (χ2v) is 14.7. The van der Waals surface area contributed by atoms with E-state index in [-0.39, 0.29) is 10.8 Å². The van der Waals surface area contributed by atoms with Crippen LogP contribution in [0.5, 0.6) is 0 Å². The largest absolute Gasteiger partial charge is 0.298 e. The van der Waals surface area contributed by atoms with Crippen LogP contribution < -0.4 is 0 Å². The molecule has 0 N–H and O–H groups in total. The first-order chi connectivity index (χ1) is 8.90. The van der Waals surface area contributed by atoms with Gasteiger partial charge in [-0.1, -0.05) is 38.5 Å². The molecule has 4 aliphatic rings. The summed E-state index contributed by atoms with van der Waals surface area (Å²) in [4.78, 5) is 13.3. The van der Waals surface area contributed by atoms with Crippen LogP contribution in [0, 0.1) is 28.6 Å². The van der Waals surface area contributed by atoms with Crippen molar-refractivity contribution in [2.45, 2.75) is 70.6 Å². The maximum Gasteiger partial charge on any atom is 0.146 e. The lowest BCUT2D eigenvalue weighted by Gasteiger charge is -2.42. The Morgan fingerprint density at radius 3 is 2.53 bits per heavy atom. The van der Waals surface area contributed by atoms with Gasteiger partial charge in [0.05, 0.1) is 0 Å². The third-order valence-electron chi connectivity index (χ3n) is 7.17. The van der Waals surface area contributed by atoms with Crippen molar-refractivity contribution in [2.24, 2.45) is 28.6 Å². The number of Topliss-reactive ketones (excluding diaryl/α,β-unsaturated/α-hetero) is 1. The maximum atomic E-state index is 13.3. The summed E-state index contributed by atoms with van der Waals surface area (Å²) in [7, 11) is -1.05. The molecule has 1 nitrogen and oxygen atoms in total. The van der Waals surface area contributed by atoms with Crippen LogP contribution in [0.4, 0.5) is 0 Å². The lowest BCUT2D eigenvalue weighted by atomic mass is 9.64. The molecular weight excluding hydrogens is 248 g/mol. The van der Waals surface area contributed by atoms with Gasteiger partial charge in [0.2, 0.25) is 0 Å². The Hall–Kier alpha value is -0.113. The van der Waals surface area contributed by atoms with E-state index in [2.05, 4.69) is 19.6 Å². The monoisotopic (exact) mass is 276 g/mol. The van der Waals surface area contributed by atoms with Gasteiger partial charge < -0.3 is 0 Å². The summed E-state index contributed by atoms with van der Waals surface area (Å²) in [5.41, 5.74) is 0.376. The Morgan fingerprint density at radius 1 is 1.11 bits per heavy atom. The minimum Gasteiger partial charge on any atom is -0.298 e. The molecule has 2 spiro atoms. The van der Waals surface area contributed by atoms with Crippen molar-refractivity contribution in [2.75, 3.05) is 0 Å². The highest BCUT2D eigenvalue weighted by molar-refractivity contribution is 6.76. The van der Waals surface area contributed by atoms with Gasteiger partial charge in [0.15, 0.2) is 0 Å². The molecule has 5 atom stereocenters. The summed E-state index contributed by atoms with van der Waals surface area (Å²) in [6, 6.07) is 1.41. The van der Waals surface area contributed by atoms with Crippen molar-refractivity contribution in [3.05, 3.63) is 0 Å². The molecule has 4 saturated carbocycles. The molecule has 0 aromatic carbocycles. The van der Waals surface area contributed by atoms with Crippen LogP contribution in [0.1, 0.15) is 44.9 Å². The fourth-order valence-electron chi connectivity index (χ4n) is 6.98. The van der Waals surface area contributed by atoms with Gasteiger partial charge in [-0.3, -0.25) is 4.79 Å². The van der Waals surface area contributed by atoms with E-state index in [0.717, 1.165) is 23.5 Å². The van der Waals surface area contributed by atoms with E-state index >= 15 is 0 Å². The Bertz CT molecular complexity index is 437. The molecule has 0 amide bonds. The van der Waals surface area contributed by atoms with Crippen LogP contribution in [0.15, 0.2) is 0 Å². The highest BCUT2D eigenvalue weighted by atomic mass is 28.3. The summed E-state index contributed by atoms with van der Waals surface area (Å²) >= 11 is 0. The van der Waals surface area contributed by atoms with Gasteiger partial charge in [0, 0.05) is 18.9 Å². The highest BCUT2D eigenvalue weighted by Crippen LogP contribution is 2.77. The number of fused-ring (bicyclic) bond motifs is 1. The predicted octanol–water partition coefficient (Wildman–Crippen LogP) is 4.50. The predicted molar refractivity (Wildman–Crippen MR) is 80.8 cm³/mol. The second kappa shape index (κ2) is 3.55. The van der Waals surface area contributed by atoms with Gasteiger partial charge in [0.1, 0.15) is 5.78 Å². The van der Waals surface area contributed by atoms with Gasteiger partial charge >= 0.3 is 0 Å². The van der Waals surface area contributed by atoms with Crippen LogP contribution in [-0.2, 0) is 4.79 Å². The Balaban J connectivity index is 1.77. The number of ketones is 1. The molecule has 19 heavy (non-hydrogen) atoms. The maximum absolute atomic E-state index is 13.3. The molecule has 0 unspecified atom stereocenters. The molecule has 106 valence electrons. The summed E-state index contributed by atoms with van der Waals surface area (Å²) in [6.45, 7) is 7.48. The normalized spacial score (nSPS) is 51.7. The van der Waals surface area contributed by atoms with E-state index in [9.17, 15) is 4.79 Å². The minimum absolute atomic E-state index is 0.186. The first-order valence-electron chi connectivity index (χ1n) is 8.45. The number of hydrogen-bond acceptors (Lipinski definition) is 1. The molecule has 0 aromatic heterocycles. The van der Waals surface area contributed by atoms with Crippen molar-refractivity contribution in [3.8, 4) is 0 Å². The van der Waals surface area contributed by atoms with Crippen LogP contribution >= 0.6 is 0 Å². The minimum atomic E-state index is -1.05. The van der Waals surface area contributed by atoms with E-state index in [1.54, 1.807) is 0 Å². The van der Waals surface area contributed by atoms with E-state index in [1.165, 1.54) is 51.0 Å². The Morgan fingerprint density at radius 2 is 1.79 bits per heavy atom. The van der Waals surface area contributed by atoms with Gasteiger partial charge in [0.25, 0.3) is 0 Å². The van der Waals surface area contributed by atoms with Crippen LogP contribution in [-0.4, -0.2) is 13.9 Å². The van der Waals surface area contributed by atoms with E-state index in [4.69, 9.17) is 0 Å². The fourth-order valence-corrected chi connectivity index (χ4v) is 8.97. The first-order valence-corrected chi connectivity index (χ1v) is 12.2. The van der Waals surface area contributed by atoms with Gasteiger partial charge in [-0.05, 0) is 49.9 Å². The zero-order valence-corrected chi connectivity index (χ0v) is 13.8. The van der Waals surface area contributed by atoms with Gasteiger partial charge in [-0.25, -0.2) is 0 Å². The SMILES string of the molecule is C[Si](C)(C)C[C@H]1C[C@@]23CCC[C@@H]2[C@H]2CCC[C@@]12C3=O. The number of carbonyl (C=O) groups is 1. The van der Waals surface area contributed by atoms with Crippen molar-refractivity contribution in [1.29, 1.82) is 0 Å². The quantitative estimate of drug-likeness (QED) is 0.679. The van der Waals surface area contributed by atoms with Crippen molar-refractivity contribution >= 4 is 13.9 Å². The number of rotatable bonds is 2. The average molecular weight is 276 g/mol. The lowest BCUT2D eigenvalue weighted by Crippen LogP contribution is -2.39.